The first kappa shape index (κ1) is 23.1. The number of nitrogens with one attached hydrogen (secondary N) is 2. The summed E-state index contributed by atoms with van der Waals surface area (Å²) in [5.74, 6) is -0.165. The fraction of sp³-hybridized carbons (Fsp3) is 0.391. The number of nitrogens with zero attached hydrogens (tertiary/aromatic N) is 2. The quantitative estimate of drug-likeness (QED) is 0.581. The first-order valence-electron chi connectivity index (χ1n) is 10.4. The Morgan fingerprint density at radius 2 is 1.74 bits per heavy atom. The van der Waals surface area contributed by atoms with Crippen LogP contribution in [0.15, 0.2) is 53.4 Å². The Hall–Kier alpha value is -2.55. The van der Waals surface area contributed by atoms with Crippen LogP contribution in [0, 0.1) is 0 Å². The van der Waals surface area contributed by atoms with E-state index < -0.39 is 0 Å². The molecule has 3 rings (SSSR count). The molecule has 7 nitrogen and oxygen atoms in total. The monoisotopic (exact) mass is 442 g/mol. The maximum absolute atomic E-state index is 12.3. The summed E-state index contributed by atoms with van der Waals surface area (Å²) in [5.41, 5.74) is 2.72. The molecule has 0 aliphatic carbocycles. The largest absolute Gasteiger partial charge is 0.378 e. The molecule has 8 heteroatoms. The van der Waals surface area contributed by atoms with Crippen LogP contribution < -0.4 is 15.5 Å². The second-order valence-electron chi connectivity index (χ2n) is 7.43. The molecule has 1 aliphatic heterocycles. The number of thioether (sulfide) groups is 1. The second-order valence-corrected chi connectivity index (χ2v) is 8.28. The number of likely N-dealkylation sites (N-methyl/N-ethyl adjacent to an activating group) is 1. The molecule has 0 atom stereocenters. The van der Waals surface area contributed by atoms with Crippen molar-refractivity contribution in [1.29, 1.82) is 0 Å². The van der Waals surface area contributed by atoms with E-state index in [1.807, 2.05) is 66.7 Å². The summed E-state index contributed by atoms with van der Waals surface area (Å²) in [4.78, 5) is 29.8. The van der Waals surface area contributed by atoms with Crippen LogP contribution in [0.3, 0.4) is 0 Å². The molecule has 31 heavy (non-hydrogen) atoms. The van der Waals surface area contributed by atoms with Crippen LogP contribution in [0.5, 0.6) is 0 Å². The lowest BCUT2D eigenvalue weighted by Crippen LogP contribution is -2.36. The van der Waals surface area contributed by atoms with Crippen LogP contribution in [0.25, 0.3) is 0 Å². The molecule has 1 fully saturated rings. The van der Waals surface area contributed by atoms with Crippen molar-refractivity contribution in [3.05, 3.63) is 48.5 Å². The Morgan fingerprint density at radius 3 is 2.45 bits per heavy atom. The van der Waals surface area contributed by atoms with Crippen LogP contribution in [-0.2, 0) is 14.3 Å². The van der Waals surface area contributed by atoms with Crippen LogP contribution in [0.1, 0.15) is 6.42 Å². The highest BCUT2D eigenvalue weighted by Crippen LogP contribution is 2.24. The van der Waals surface area contributed by atoms with E-state index >= 15 is 0 Å². The van der Waals surface area contributed by atoms with E-state index in [1.165, 1.54) is 0 Å². The lowest BCUT2D eigenvalue weighted by atomic mass is 10.2. The number of hydrogen-bond donors (Lipinski definition) is 2. The lowest BCUT2D eigenvalue weighted by Gasteiger charge is -2.28. The number of ether oxygens (including phenoxy) is 1. The summed E-state index contributed by atoms with van der Waals surface area (Å²) in [6.45, 7) is 3.97. The maximum Gasteiger partial charge on any atom is 0.238 e. The SMILES string of the molecule is CSc1ccccc1NC(=O)CCN(C)CC(=O)Nc1ccc(N2CCOCC2)cc1. The molecule has 2 amide bonds. The number of carbonyl (C=O) groups excluding carboxylic acids is 2. The molecule has 0 unspecified atom stereocenters. The zero-order valence-electron chi connectivity index (χ0n) is 18.1. The minimum absolute atomic E-state index is 0.0625. The molecule has 1 aliphatic rings. The number of hydrogen-bond acceptors (Lipinski definition) is 6. The zero-order chi connectivity index (χ0) is 22.1. The van der Waals surface area contributed by atoms with Gasteiger partial charge in [0.05, 0.1) is 25.4 Å². The van der Waals surface area contributed by atoms with E-state index in [1.54, 1.807) is 11.8 Å². The highest BCUT2D eigenvalue weighted by molar-refractivity contribution is 7.98. The van der Waals surface area contributed by atoms with Gasteiger partial charge in [-0.2, -0.15) is 0 Å². The van der Waals surface area contributed by atoms with Crippen molar-refractivity contribution in [2.24, 2.45) is 0 Å². The second kappa shape index (κ2) is 11.7. The molecular weight excluding hydrogens is 412 g/mol. The van der Waals surface area contributed by atoms with Gasteiger partial charge >= 0.3 is 0 Å². The van der Waals surface area contributed by atoms with Crippen molar-refractivity contribution in [2.75, 3.05) is 68.2 Å². The summed E-state index contributed by atoms with van der Waals surface area (Å²) in [6, 6.07) is 15.6. The minimum atomic E-state index is -0.102. The van der Waals surface area contributed by atoms with E-state index in [-0.39, 0.29) is 18.4 Å². The third-order valence-electron chi connectivity index (χ3n) is 5.04. The van der Waals surface area contributed by atoms with Gasteiger partial charge in [-0.15, -0.1) is 11.8 Å². The molecule has 166 valence electrons. The lowest BCUT2D eigenvalue weighted by molar-refractivity contribution is -0.119. The molecule has 2 aromatic carbocycles. The molecule has 0 radical (unpaired) electrons. The Balaban J connectivity index is 1.40. The normalized spacial score (nSPS) is 13.8. The number of rotatable bonds is 9. The maximum atomic E-state index is 12.3. The average Bonchev–Trinajstić information content (AvgIpc) is 2.79. The highest BCUT2D eigenvalue weighted by Gasteiger charge is 2.13. The van der Waals surface area contributed by atoms with E-state index in [4.69, 9.17) is 4.74 Å². The smallest absolute Gasteiger partial charge is 0.238 e. The van der Waals surface area contributed by atoms with Gasteiger partial charge in [-0.1, -0.05) is 12.1 Å². The Kier molecular flexibility index (Phi) is 8.75. The van der Waals surface area contributed by atoms with Gasteiger partial charge in [-0.05, 0) is 49.7 Å². The first-order valence-corrected chi connectivity index (χ1v) is 11.6. The topological polar surface area (TPSA) is 73.9 Å². The summed E-state index contributed by atoms with van der Waals surface area (Å²) < 4.78 is 5.38. The molecular formula is C23H30N4O3S. The van der Waals surface area contributed by atoms with E-state index in [2.05, 4.69) is 15.5 Å². The Labute approximate surface area is 188 Å². The predicted molar refractivity (Wildman–Crippen MR) is 127 cm³/mol. The van der Waals surface area contributed by atoms with E-state index in [0.29, 0.717) is 13.0 Å². The van der Waals surface area contributed by atoms with E-state index in [9.17, 15) is 9.59 Å². The van der Waals surface area contributed by atoms with Crippen LogP contribution in [0.2, 0.25) is 0 Å². The average molecular weight is 443 g/mol. The third-order valence-corrected chi connectivity index (χ3v) is 5.84. The number of morpholine rings is 1. The van der Waals surface area contributed by atoms with Gasteiger partial charge in [0.2, 0.25) is 11.8 Å². The van der Waals surface area contributed by atoms with Crippen molar-refractivity contribution < 1.29 is 14.3 Å². The van der Waals surface area contributed by atoms with Crippen molar-refractivity contribution >= 4 is 40.6 Å². The fourth-order valence-electron chi connectivity index (χ4n) is 3.35. The molecule has 0 spiro atoms. The molecule has 2 N–H and O–H groups in total. The number of amides is 2. The standard InChI is InChI=1S/C23H30N4O3S/c1-26(12-11-22(28)25-20-5-3-4-6-21(20)31-2)17-23(29)24-18-7-9-19(10-8-18)27-13-15-30-16-14-27/h3-10H,11-17H2,1-2H3,(H,24,29)(H,25,28). The predicted octanol–water partition coefficient (Wildman–Crippen LogP) is 3.14. The van der Waals surface area contributed by atoms with Gasteiger partial charge in [0.25, 0.3) is 0 Å². The number of benzene rings is 2. The summed E-state index contributed by atoms with van der Waals surface area (Å²) in [6.07, 6.45) is 2.30. The molecule has 1 heterocycles. The van der Waals surface area contributed by atoms with Crippen molar-refractivity contribution in [2.45, 2.75) is 11.3 Å². The molecule has 1 saturated heterocycles. The van der Waals surface area contributed by atoms with Crippen LogP contribution in [-0.4, -0.2) is 69.4 Å². The van der Waals surface area contributed by atoms with Gasteiger partial charge in [0.1, 0.15) is 0 Å². The zero-order valence-corrected chi connectivity index (χ0v) is 18.9. The van der Waals surface area contributed by atoms with Gasteiger partial charge < -0.3 is 20.3 Å². The molecule has 0 aromatic heterocycles. The Morgan fingerprint density at radius 1 is 1.03 bits per heavy atom. The van der Waals surface area contributed by atoms with Gasteiger partial charge in [0, 0.05) is 42.3 Å². The van der Waals surface area contributed by atoms with Crippen molar-refractivity contribution in [3.63, 3.8) is 0 Å². The first-order chi connectivity index (χ1) is 15.0. The summed E-state index contributed by atoms with van der Waals surface area (Å²) in [5, 5.41) is 5.86. The van der Waals surface area contributed by atoms with Gasteiger partial charge in [0.15, 0.2) is 0 Å². The molecule has 2 aromatic rings. The van der Waals surface area contributed by atoms with Crippen molar-refractivity contribution in [1.82, 2.24) is 4.90 Å². The van der Waals surface area contributed by atoms with Crippen molar-refractivity contribution in [3.8, 4) is 0 Å². The molecule has 0 bridgehead atoms. The van der Waals surface area contributed by atoms with Gasteiger partial charge in [-0.3, -0.25) is 14.5 Å². The molecule has 0 saturated carbocycles. The highest BCUT2D eigenvalue weighted by atomic mass is 32.2. The number of anilines is 3. The summed E-state index contributed by atoms with van der Waals surface area (Å²) in [7, 11) is 1.84. The summed E-state index contributed by atoms with van der Waals surface area (Å²) >= 11 is 1.59. The minimum Gasteiger partial charge on any atom is -0.378 e. The number of carbonyl (C=O) groups is 2. The van der Waals surface area contributed by atoms with Crippen LogP contribution >= 0.6 is 11.8 Å². The third kappa shape index (κ3) is 7.27. The number of para-hydroxylation sites is 1. The van der Waals surface area contributed by atoms with Gasteiger partial charge in [-0.25, -0.2) is 0 Å². The van der Waals surface area contributed by atoms with Crippen LogP contribution in [0.4, 0.5) is 17.1 Å². The Bertz CT molecular complexity index is 869. The van der Waals surface area contributed by atoms with E-state index in [0.717, 1.165) is 48.3 Å². The fourth-order valence-corrected chi connectivity index (χ4v) is 3.91.